The minimum Gasteiger partial charge on any atom is -0.379 e. The number of benzene rings is 1. The van der Waals surface area contributed by atoms with Gasteiger partial charge in [-0.05, 0) is 36.0 Å². The number of guanidine groups is 1. The van der Waals surface area contributed by atoms with Crippen LogP contribution in [-0.2, 0) is 21.3 Å². The predicted octanol–water partition coefficient (Wildman–Crippen LogP) is 2.59. The molecule has 1 aromatic rings. The average Bonchev–Trinajstić information content (AvgIpc) is 2.70. The topological polar surface area (TPSA) is 83.0 Å². The van der Waals surface area contributed by atoms with E-state index in [2.05, 4.69) is 36.4 Å². The van der Waals surface area contributed by atoms with E-state index in [0.717, 1.165) is 24.8 Å². The third-order valence-corrected chi connectivity index (χ3v) is 7.18. The van der Waals surface area contributed by atoms with Gasteiger partial charge in [-0.1, -0.05) is 39.3 Å². The second-order valence-corrected chi connectivity index (χ2v) is 10.4. The highest BCUT2D eigenvalue weighted by molar-refractivity contribution is 7.89. The van der Waals surface area contributed by atoms with Gasteiger partial charge in [0.1, 0.15) is 0 Å². The Morgan fingerprint density at radius 1 is 1.14 bits per heavy atom. The Labute approximate surface area is 176 Å². The molecule has 2 rings (SSSR count). The molecular formula is C21H36N4O3S. The average molecular weight is 425 g/mol. The Kier molecular flexibility index (Phi) is 8.48. The van der Waals surface area contributed by atoms with Crippen LogP contribution in [0.1, 0.15) is 45.6 Å². The Morgan fingerprint density at radius 3 is 2.28 bits per heavy atom. The first-order valence-corrected chi connectivity index (χ1v) is 11.7. The molecule has 0 aliphatic carbocycles. The zero-order valence-electron chi connectivity index (χ0n) is 18.4. The van der Waals surface area contributed by atoms with Crippen LogP contribution in [0.2, 0.25) is 0 Å². The standard InChI is InChI=1S/C21H36N4O3S/c1-21(2,3)19(28-5)16-24-20(22-4)23-15-17-9-11-18(12-10-17)29(26,27)25-13-7-6-8-14-25/h9-12,19H,6-8,13-16H2,1-5H3,(H2,22,23,24). The largest absolute Gasteiger partial charge is 0.379 e. The molecular weight excluding hydrogens is 388 g/mol. The molecule has 0 spiro atoms. The van der Waals surface area contributed by atoms with Crippen molar-refractivity contribution in [3.05, 3.63) is 29.8 Å². The molecule has 7 nitrogen and oxygen atoms in total. The number of sulfonamides is 1. The van der Waals surface area contributed by atoms with E-state index in [1.165, 1.54) is 0 Å². The van der Waals surface area contributed by atoms with Gasteiger partial charge in [-0.15, -0.1) is 0 Å². The number of aliphatic imine (C=N–C) groups is 1. The van der Waals surface area contributed by atoms with E-state index in [1.807, 2.05) is 12.1 Å². The Bertz CT molecular complexity index is 764. The van der Waals surface area contributed by atoms with Crippen molar-refractivity contribution in [2.24, 2.45) is 10.4 Å². The molecule has 0 amide bonds. The Hall–Kier alpha value is -1.64. The maximum Gasteiger partial charge on any atom is 0.243 e. The van der Waals surface area contributed by atoms with Crippen molar-refractivity contribution in [1.82, 2.24) is 14.9 Å². The second kappa shape index (κ2) is 10.4. The molecule has 8 heteroatoms. The van der Waals surface area contributed by atoms with E-state index in [0.29, 0.717) is 37.0 Å². The number of methoxy groups -OCH3 is 1. The molecule has 1 fully saturated rings. The minimum absolute atomic E-state index is 0.0241. The van der Waals surface area contributed by atoms with E-state index in [-0.39, 0.29) is 11.5 Å². The van der Waals surface area contributed by atoms with Gasteiger partial charge in [0.15, 0.2) is 5.96 Å². The summed E-state index contributed by atoms with van der Waals surface area (Å²) < 4.78 is 32.6. The summed E-state index contributed by atoms with van der Waals surface area (Å²) >= 11 is 0. The fraction of sp³-hybridized carbons (Fsp3) is 0.667. The van der Waals surface area contributed by atoms with Crippen molar-refractivity contribution < 1.29 is 13.2 Å². The van der Waals surface area contributed by atoms with Gasteiger partial charge in [-0.25, -0.2) is 8.42 Å². The van der Waals surface area contributed by atoms with Crippen molar-refractivity contribution >= 4 is 16.0 Å². The van der Waals surface area contributed by atoms with Crippen LogP contribution in [0.5, 0.6) is 0 Å². The fourth-order valence-corrected chi connectivity index (χ4v) is 4.89. The van der Waals surface area contributed by atoms with Gasteiger partial charge in [0.2, 0.25) is 10.0 Å². The fourth-order valence-electron chi connectivity index (χ4n) is 3.37. The molecule has 29 heavy (non-hydrogen) atoms. The molecule has 0 radical (unpaired) electrons. The van der Waals surface area contributed by atoms with Crippen LogP contribution in [0.3, 0.4) is 0 Å². The smallest absolute Gasteiger partial charge is 0.243 e. The predicted molar refractivity (Wildman–Crippen MR) is 118 cm³/mol. The van der Waals surface area contributed by atoms with Crippen LogP contribution >= 0.6 is 0 Å². The number of ether oxygens (including phenoxy) is 1. The van der Waals surface area contributed by atoms with Crippen LogP contribution in [0.15, 0.2) is 34.2 Å². The quantitative estimate of drug-likeness (QED) is 0.519. The Morgan fingerprint density at radius 2 is 1.76 bits per heavy atom. The van der Waals surface area contributed by atoms with Crippen molar-refractivity contribution in [1.29, 1.82) is 0 Å². The number of nitrogens with one attached hydrogen (secondary N) is 2. The van der Waals surface area contributed by atoms with E-state index in [4.69, 9.17) is 4.74 Å². The van der Waals surface area contributed by atoms with Crippen LogP contribution < -0.4 is 10.6 Å². The van der Waals surface area contributed by atoms with Gasteiger partial charge in [0, 0.05) is 40.3 Å². The summed E-state index contributed by atoms with van der Waals surface area (Å²) in [6.45, 7) is 8.84. The first-order chi connectivity index (χ1) is 13.7. The third-order valence-electron chi connectivity index (χ3n) is 5.27. The lowest BCUT2D eigenvalue weighted by atomic mass is 9.89. The van der Waals surface area contributed by atoms with Crippen molar-refractivity contribution in [3.63, 3.8) is 0 Å². The zero-order valence-corrected chi connectivity index (χ0v) is 19.2. The molecule has 164 valence electrons. The van der Waals surface area contributed by atoms with Gasteiger partial charge in [0.05, 0.1) is 11.0 Å². The Balaban J connectivity index is 1.92. The van der Waals surface area contributed by atoms with Gasteiger partial charge >= 0.3 is 0 Å². The van der Waals surface area contributed by atoms with Gasteiger partial charge in [0.25, 0.3) is 0 Å². The highest BCUT2D eigenvalue weighted by Gasteiger charge is 2.26. The van der Waals surface area contributed by atoms with Gasteiger partial charge < -0.3 is 15.4 Å². The summed E-state index contributed by atoms with van der Waals surface area (Å²) in [6, 6.07) is 7.09. The summed E-state index contributed by atoms with van der Waals surface area (Å²) in [5.41, 5.74) is 1.01. The van der Waals surface area contributed by atoms with E-state index < -0.39 is 10.0 Å². The monoisotopic (exact) mass is 424 g/mol. The molecule has 1 aliphatic heterocycles. The minimum atomic E-state index is -3.39. The van der Waals surface area contributed by atoms with Crippen LogP contribution in [0, 0.1) is 5.41 Å². The number of hydrogen-bond acceptors (Lipinski definition) is 4. The second-order valence-electron chi connectivity index (χ2n) is 8.51. The molecule has 0 saturated carbocycles. The molecule has 1 heterocycles. The van der Waals surface area contributed by atoms with E-state index in [9.17, 15) is 8.42 Å². The van der Waals surface area contributed by atoms with Crippen molar-refractivity contribution in [2.45, 2.75) is 57.6 Å². The van der Waals surface area contributed by atoms with Crippen molar-refractivity contribution in [2.75, 3.05) is 33.8 Å². The van der Waals surface area contributed by atoms with E-state index >= 15 is 0 Å². The highest BCUT2D eigenvalue weighted by Crippen LogP contribution is 2.22. The lowest BCUT2D eigenvalue weighted by Crippen LogP contribution is -2.45. The summed E-state index contributed by atoms with van der Waals surface area (Å²) in [7, 11) is 0.0534. The maximum absolute atomic E-state index is 12.7. The molecule has 1 unspecified atom stereocenters. The van der Waals surface area contributed by atoms with Crippen molar-refractivity contribution in [3.8, 4) is 0 Å². The molecule has 1 atom stereocenters. The maximum atomic E-state index is 12.7. The molecule has 0 aromatic heterocycles. The molecule has 1 saturated heterocycles. The molecule has 1 aliphatic rings. The lowest BCUT2D eigenvalue weighted by molar-refractivity contribution is 0.0205. The summed E-state index contributed by atoms with van der Waals surface area (Å²) in [5.74, 6) is 0.682. The van der Waals surface area contributed by atoms with E-state index in [1.54, 1.807) is 30.6 Å². The number of rotatable bonds is 7. The number of hydrogen-bond donors (Lipinski definition) is 2. The van der Waals surface area contributed by atoms with Gasteiger partial charge in [-0.3, -0.25) is 4.99 Å². The molecule has 2 N–H and O–H groups in total. The lowest BCUT2D eigenvalue weighted by Gasteiger charge is -2.30. The summed E-state index contributed by atoms with van der Waals surface area (Å²) in [6.07, 6.45) is 3.03. The first-order valence-electron chi connectivity index (χ1n) is 10.2. The van der Waals surface area contributed by atoms with Crippen LogP contribution in [0.4, 0.5) is 0 Å². The van der Waals surface area contributed by atoms with Gasteiger partial charge in [-0.2, -0.15) is 4.31 Å². The van der Waals surface area contributed by atoms with Crippen LogP contribution in [-0.4, -0.2) is 58.6 Å². The first kappa shape index (κ1) is 23.6. The number of nitrogens with zero attached hydrogens (tertiary/aromatic N) is 2. The highest BCUT2D eigenvalue weighted by atomic mass is 32.2. The molecule has 1 aromatic carbocycles. The summed E-state index contributed by atoms with van der Waals surface area (Å²) in [5, 5.41) is 6.55. The van der Waals surface area contributed by atoms with Crippen LogP contribution in [0.25, 0.3) is 0 Å². The SMILES string of the molecule is CN=C(NCc1ccc(S(=O)(=O)N2CCCCC2)cc1)NCC(OC)C(C)(C)C. The normalized spacial score (nSPS) is 17.8. The molecule has 0 bridgehead atoms. The third kappa shape index (κ3) is 6.69. The zero-order chi connectivity index (χ0) is 21.5. The summed E-state index contributed by atoms with van der Waals surface area (Å²) in [4.78, 5) is 4.61. The number of piperidine rings is 1.